The number of carbonyl (C=O) groups excluding carboxylic acids is 2. The third-order valence-electron chi connectivity index (χ3n) is 3.60. The Balaban J connectivity index is 2.18. The summed E-state index contributed by atoms with van der Waals surface area (Å²) in [5.41, 5.74) is -0.882. The third kappa shape index (κ3) is 3.06. The smallest absolute Gasteiger partial charge is 0.248 e. The summed E-state index contributed by atoms with van der Waals surface area (Å²) in [4.78, 5) is 30.6. The summed E-state index contributed by atoms with van der Waals surface area (Å²) in [5.74, 6) is 0.878. The van der Waals surface area contributed by atoms with Gasteiger partial charge in [-0.3, -0.25) is 9.59 Å². The molecule has 7 heteroatoms. The van der Waals surface area contributed by atoms with Crippen molar-refractivity contribution in [3.63, 3.8) is 0 Å². The lowest BCUT2D eigenvalue weighted by atomic mass is 9.91. The second-order valence-electron chi connectivity index (χ2n) is 6.29. The van der Waals surface area contributed by atoms with Crippen LogP contribution >= 0.6 is 0 Å². The maximum Gasteiger partial charge on any atom is 0.248 e. The Bertz CT molecular complexity index is 550. The van der Waals surface area contributed by atoms with E-state index in [0.717, 1.165) is 0 Å². The van der Waals surface area contributed by atoms with E-state index in [2.05, 4.69) is 15.5 Å². The fourth-order valence-corrected chi connectivity index (χ4v) is 2.62. The average molecular weight is 294 g/mol. The van der Waals surface area contributed by atoms with Gasteiger partial charge < -0.3 is 14.7 Å². The number of hydrogen-bond acceptors (Lipinski definition) is 5. The maximum atomic E-state index is 12.6. The number of amides is 2. The molecule has 1 aliphatic heterocycles. The molecule has 0 spiro atoms. The highest BCUT2D eigenvalue weighted by Gasteiger charge is 2.46. The number of hydrogen-bond donors (Lipinski definition) is 1. The van der Waals surface area contributed by atoms with E-state index in [1.807, 2.05) is 13.8 Å². The Morgan fingerprint density at radius 2 is 2.05 bits per heavy atom. The number of nitrogens with one attached hydrogen (secondary N) is 1. The molecule has 2 rings (SSSR count). The van der Waals surface area contributed by atoms with Crippen LogP contribution < -0.4 is 5.32 Å². The third-order valence-corrected chi connectivity index (χ3v) is 3.60. The van der Waals surface area contributed by atoms with Gasteiger partial charge in [-0.2, -0.15) is 4.98 Å². The van der Waals surface area contributed by atoms with Crippen LogP contribution in [0.25, 0.3) is 0 Å². The van der Waals surface area contributed by atoms with Crippen LogP contribution in [-0.4, -0.2) is 45.0 Å². The predicted molar refractivity (Wildman–Crippen MR) is 75.3 cm³/mol. The van der Waals surface area contributed by atoms with Crippen molar-refractivity contribution < 1.29 is 14.1 Å². The van der Waals surface area contributed by atoms with Gasteiger partial charge in [-0.1, -0.05) is 19.0 Å². The molecule has 1 aromatic heterocycles. The minimum absolute atomic E-state index is 0.0365. The van der Waals surface area contributed by atoms with Crippen molar-refractivity contribution in [1.82, 2.24) is 20.4 Å². The van der Waals surface area contributed by atoms with E-state index < -0.39 is 11.6 Å². The molecule has 0 aliphatic carbocycles. The van der Waals surface area contributed by atoms with Crippen LogP contribution in [-0.2, 0) is 16.0 Å². The topological polar surface area (TPSA) is 88.3 Å². The van der Waals surface area contributed by atoms with E-state index in [9.17, 15) is 9.59 Å². The molecule has 0 saturated carbocycles. The van der Waals surface area contributed by atoms with Crippen molar-refractivity contribution in [1.29, 1.82) is 0 Å². The lowest BCUT2D eigenvalue weighted by molar-refractivity contribution is -0.155. The predicted octanol–water partition coefficient (Wildman–Crippen LogP) is 0.682. The van der Waals surface area contributed by atoms with Gasteiger partial charge in [0.2, 0.25) is 17.7 Å². The largest absolute Gasteiger partial charge is 0.340 e. The minimum Gasteiger partial charge on any atom is -0.340 e. The van der Waals surface area contributed by atoms with Crippen molar-refractivity contribution in [3.8, 4) is 0 Å². The quantitative estimate of drug-likeness (QED) is 0.882. The molecule has 7 nitrogen and oxygen atoms in total. The van der Waals surface area contributed by atoms with Crippen molar-refractivity contribution >= 4 is 11.8 Å². The fraction of sp³-hybridized carbons (Fsp3) is 0.714. The van der Waals surface area contributed by atoms with Crippen LogP contribution in [0.3, 0.4) is 0 Å². The van der Waals surface area contributed by atoms with Gasteiger partial charge in [0, 0.05) is 13.0 Å². The molecule has 1 aliphatic rings. The first-order valence-corrected chi connectivity index (χ1v) is 7.14. The zero-order chi connectivity index (χ0) is 15.8. The Labute approximate surface area is 124 Å². The van der Waals surface area contributed by atoms with Gasteiger partial charge in [0.15, 0.2) is 5.82 Å². The average Bonchev–Trinajstić information content (AvgIpc) is 2.76. The van der Waals surface area contributed by atoms with E-state index in [1.165, 1.54) is 0 Å². The molecule has 1 aromatic rings. The zero-order valence-corrected chi connectivity index (χ0v) is 13.1. The zero-order valence-electron chi connectivity index (χ0n) is 13.1. The first-order chi connectivity index (χ1) is 9.72. The highest BCUT2D eigenvalue weighted by molar-refractivity contribution is 5.99. The summed E-state index contributed by atoms with van der Waals surface area (Å²) >= 11 is 0. The van der Waals surface area contributed by atoms with Crippen LogP contribution in [0.4, 0.5) is 0 Å². The second-order valence-corrected chi connectivity index (χ2v) is 6.29. The van der Waals surface area contributed by atoms with Gasteiger partial charge in [-0.05, 0) is 26.7 Å². The van der Waals surface area contributed by atoms with Crippen LogP contribution in [0.2, 0.25) is 0 Å². The fourth-order valence-electron chi connectivity index (χ4n) is 2.62. The molecule has 1 saturated heterocycles. The molecular formula is C14H22N4O3. The summed E-state index contributed by atoms with van der Waals surface area (Å²) in [5, 5.41) is 6.52. The maximum absolute atomic E-state index is 12.6. The van der Waals surface area contributed by atoms with Gasteiger partial charge in [0.25, 0.3) is 0 Å². The van der Waals surface area contributed by atoms with Crippen LogP contribution in [0.15, 0.2) is 4.52 Å². The van der Waals surface area contributed by atoms with Gasteiger partial charge in [-0.25, -0.2) is 0 Å². The molecule has 1 N–H and O–H groups in total. The molecule has 1 unspecified atom stereocenters. The van der Waals surface area contributed by atoms with Gasteiger partial charge in [0.1, 0.15) is 11.6 Å². The van der Waals surface area contributed by atoms with Crippen molar-refractivity contribution in [2.75, 3.05) is 6.54 Å². The van der Waals surface area contributed by atoms with E-state index in [0.29, 0.717) is 24.7 Å². The van der Waals surface area contributed by atoms with Crippen molar-refractivity contribution in [2.24, 2.45) is 5.92 Å². The SMILES string of the molecule is Cc1noc(CCN2C(=O)C(C)(C)NC(=O)C2C(C)C)n1. The Morgan fingerprint density at radius 3 is 2.57 bits per heavy atom. The molecule has 1 fully saturated rings. The first kappa shape index (κ1) is 15.5. The molecule has 2 amide bonds. The summed E-state index contributed by atoms with van der Waals surface area (Å²) in [6.07, 6.45) is 0.444. The Hall–Kier alpha value is -1.92. The number of aromatic nitrogens is 2. The Kier molecular flexibility index (Phi) is 4.02. The minimum atomic E-state index is -0.882. The molecule has 116 valence electrons. The second kappa shape index (κ2) is 5.46. The molecule has 2 heterocycles. The molecule has 21 heavy (non-hydrogen) atoms. The molecular weight excluding hydrogens is 272 g/mol. The number of rotatable bonds is 4. The lowest BCUT2D eigenvalue weighted by Crippen LogP contribution is -2.69. The summed E-state index contributed by atoms with van der Waals surface area (Å²) < 4.78 is 5.07. The van der Waals surface area contributed by atoms with Crippen LogP contribution in [0.1, 0.15) is 39.4 Å². The van der Waals surface area contributed by atoms with E-state index in [1.54, 1.807) is 25.7 Å². The Morgan fingerprint density at radius 1 is 1.38 bits per heavy atom. The summed E-state index contributed by atoms with van der Waals surface area (Å²) in [6.45, 7) is 9.42. The first-order valence-electron chi connectivity index (χ1n) is 7.14. The van der Waals surface area contributed by atoms with E-state index in [-0.39, 0.29) is 17.7 Å². The molecule has 1 atom stereocenters. The molecule has 0 bridgehead atoms. The van der Waals surface area contributed by atoms with E-state index in [4.69, 9.17) is 4.52 Å². The van der Waals surface area contributed by atoms with Gasteiger partial charge >= 0.3 is 0 Å². The summed E-state index contributed by atoms with van der Waals surface area (Å²) in [7, 11) is 0. The highest BCUT2D eigenvalue weighted by atomic mass is 16.5. The normalized spacial score (nSPS) is 21.8. The number of nitrogens with zero attached hydrogens (tertiary/aromatic N) is 3. The van der Waals surface area contributed by atoms with E-state index >= 15 is 0 Å². The van der Waals surface area contributed by atoms with Gasteiger partial charge in [-0.15, -0.1) is 0 Å². The number of carbonyl (C=O) groups is 2. The summed E-state index contributed by atoms with van der Waals surface area (Å²) in [6, 6.07) is -0.463. The number of piperazine rings is 1. The lowest BCUT2D eigenvalue weighted by Gasteiger charge is -2.44. The number of aryl methyl sites for hydroxylation is 1. The molecule has 0 radical (unpaired) electrons. The van der Waals surface area contributed by atoms with Crippen molar-refractivity contribution in [2.45, 2.75) is 52.6 Å². The highest BCUT2D eigenvalue weighted by Crippen LogP contribution is 2.23. The monoisotopic (exact) mass is 294 g/mol. The standard InChI is InChI=1S/C14H22N4O3/c1-8(2)11-12(19)16-14(4,5)13(20)18(11)7-6-10-15-9(3)17-21-10/h8,11H,6-7H2,1-5H3,(H,16,19). The van der Waals surface area contributed by atoms with Crippen LogP contribution in [0.5, 0.6) is 0 Å². The molecule has 0 aromatic carbocycles. The van der Waals surface area contributed by atoms with Gasteiger partial charge in [0.05, 0.1) is 0 Å². The van der Waals surface area contributed by atoms with Crippen molar-refractivity contribution in [3.05, 3.63) is 11.7 Å². The van der Waals surface area contributed by atoms with Crippen LogP contribution in [0, 0.1) is 12.8 Å².